The fourth-order valence-electron chi connectivity index (χ4n) is 2.81. The Morgan fingerprint density at radius 1 is 1.41 bits per heavy atom. The molecular formula is C14H27NO2. The number of carboxylic acids is 1. The van der Waals surface area contributed by atoms with Gasteiger partial charge < -0.3 is 5.11 Å². The molecule has 1 fully saturated rings. The molecule has 0 saturated heterocycles. The van der Waals surface area contributed by atoms with Crippen LogP contribution in [0.25, 0.3) is 0 Å². The summed E-state index contributed by atoms with van der Waals surface area (Å²) in [5.74, 6) is -0.216. The van der Waals surface area contributed by atoms with Crippen LogP contribution in [-0.2, 0) is 4.79 Å². The zero-order valence-electron chi connectivity index (χ0n) is 11.5. The number of aliphatic carboxylic acids is 1. The van der Waals surface area contributed by atoms with Crippen LogP contribution >= 0.6 is 0 Å². The predicted molar refractivity (Wildman–Crippen MR) is 70.1 cm³/mol. The SMILES string of the molecule is CCC(C)CC(CC)(NC1CCCC1)C(=O)O. The van der Waals surface area contributed by atoms with Crippen molar-refractivity contribution in [3.05, 3.63) is 0 Å². The zero-order chi connectivity index (χ0) is 12.9. The van der Waals surface area contributed by atoms with E-state index in [0.717, 1.165) is 25.7 Å². The second kappa shape index (κ2) is 6.39. The molecule has 0 aromatic rings. The van der Waals surface area contributed by atoms with Crippen molar-refractivity contribution in [1.29, 1.82) is 0 Å². The fourth-order valence-corrected chi connectivity index (χ4v) is 2.81. The van der Waals surface area contributed by atoms with E-state index in [0.29, 0.717) is 18.4 Å². The minimum Gasteiger partial charge on any atom is -0.480 e. The smallest absolute Gasteiger partial charge is 0.323 e. The van der Waals surface area contributed by atoms with Crippen LogP contribution < -0.4 is 5.32 Å². The highest BCUT2D eigenvalue weighted by molar-refractivity contribution is 5.78. The van der Waals surface area contributed by atoms with Gasteiger partial charge in [-0.3, -0.25) is 10.1 Å². The van der Waals surface area contributed by atoms with Crippen LogP contribution in [0.2, 0.25) is 0 Å². The van der Waals surface area contributed by atoms with E-state index in [-0.39, 0.29) is 0 Å². The molecule has 2 atom stereocenters. The van der Waals surface area contributed by atoms with Crippen LogP contribution in [0, 0.1) is 5.92 Å². The van der Waals surface area contributed by atoms with Gasteiger partial charge in [0.15, 0.2) is 0 Å². The lowest BCUT2D eigenvalue weighted by Gasteiger charge is -2.34. The molecule has 0 heterocycles. The second-order valence-corrected chi connectivity index (χ2v) is 5.58. The van der Waals surface area contributed by atoms with Crippen molar-refractivity contribution in [2.45, 2.75) is 77.3 Å². The number of hydrogen-bond acceptors (Lipinski definition) is 2. The summed E-state index contributed by atoms with van der Waals surface area (Å²) in [4.78, 5) is 11.6. The molecule has 0 bridgehead atoms. The molecule has 0 amide bonds. The molecule has 2 N–H and O–H groups in total. The fraction of sp³-hybridized carbons (Fsp3) is 0.929. The van der Waals surface area contributed by atoms with E-state index in [9.17, 15) is 9.90 Å². The third-order valence-corrected chi connectivity index (χ3v) is 4.24. The minimum atomic E-state index is -0.704. The van der Waals surface area contributed by atoms with E-state index in [2.05, 4.69) is 19.2 Å². The highest BCUT2D eigenvalue weighted by atomic mass is 16.4. The van der Waals surface area contributed by atoms with Crippen molar-refractivity contribution in [3.8, 4) is 0 Å². The maximum absolute atomic E-state index is 11.6. The first-order valence-corrected chi connectivity index (χ1v) is 7.05. The molecule has 0 aromatic heterocycles. The topological polar surface area (TPSA) is 49.3 Å². The van der Waals surface area contributed by atoms with Gasteiger partial charge in [0.1, 0.15) is 5.54 Å². The van der Waals surface area contributed by atoms with Gasteiger partial charge in [0.2, 0.25) is 0 Å². The van der Waals surface area contributed by atoms with Gasteiger partial charge in [-0.15, -0.1) is 0 Å². The van der Waals surface area contributed by atoms with Crippen molar-refractivity contribution in [3.63, 3.8) is 0 Å². The molecule has 1 saturated carbocycles. The van der Waals surface area contributed by atoms with E-state index in [1.807, 2.05) is 6.92 Å². The quantitative estimate of drug-likeness (QED) is 0.719. The molecule has 3 nitrogen and oxygen atoms in total. The number of carbonyl (C=O) groups is 1. The van der Waals surface area contributed by atoms with Crippen LogP contribution in [0.15, 0.2) is 0 Å². The van der Waals surface area contributed by atoms with Gasteiger partial charge in [-0.1, -0.05) is 40.0 Å². The molecule has 100 valence electrons. The van der Waals surface area contributed by atoms with Crippen LogP contribution in [-0.4, -0.2) is 22.7 Å². The van der Waals surface area contributed by atoms with Crippen LogP contribution in [0.5, 0.6) is 0 Å². The second-order valence-electron chi connectivity index (χ2n) is 5.58. The first-order valence-electron chi connectivity index (χ1n) is 7.05. The monoisotopic (exact) mass is 241 g/mol. The first kappa shape index (κ1) is 14.5. The van der Waals surface area contributed by atoms with Gasteiger partial charge in [0.25, 0.3) is 0 Å². The standard InChI is InChI=1S/C14H27NO2/c1-4-11(3)10-14(5-2,13(16)17)15-12-8-6-7-9-12/h11-12,15H,4-10H2,1-3H3,(H,16,17). The summed E-state index contributed by atoms with van der Waals surface area (Å²) in [6, 6.07) is 0.412. The Balaban J connectivity index is 2.71. The van der Waals surface area contributed by atoms with Crippen molar-refractivity contribution < 1.29 is 9.90 Å². The Hall–Kier alpha value is -0.570. The number of nitrogens with one attached hydrogen (secondary N) is 1. The molecule has 0 radical (unpaired) electrons. The van der Waals surface area contributed by atoms with Gasteiger partial charge in [0.05, 0.1) is 0 Å². The Labute approximate surface area is 105 Å². The average Bonchev–Trinajstić information content (AvgIpc) is 2.80. The largest absolute Gasteiger partial charge is 0.480 e. The molecule has 0 aromatic carbocycles. The summed E-state index contributed by atoms with van der Waals surface area (Å²) in [7, 11) is 0. The number of hydrogen-bond donors (Lipinski definition) is 2. The van der Waals surface area contributed by atoms with Gasteiger partial charge >= 0.3 is 5.97 Å². The molecule has 3 heteroatoms. The summed E-state index contributed by atoms with van der Waals surface area (Å²) in [6.07, 6.45) is 7.20. The molecule has 1 aliphatic rings. The van der Waals surface area contributed by atoms with Crippen molar-refractivity contribution in [1.82, 2.24) is 5.32 Å². The first-order chi connectivity index (χ1) is 8.04. The lowest BCUT2D eigenvalue weighted by atomic mass is 9.84. The molecule has 0 aliphatic heterocycles. The van der Waals surface area contributed by atoms with E-state index in [1.165, 1.54) is 12.8 Å². The van der Waals surface area contributed by atoms with Gasteiger partial charge in [-0.25, -0.2) is 0 Å². The Bertz CT molecular complexity index is 249. The van der Waals surface area contributed by atoms with Crippen LogP contribution in [0.4, 0.5) is 0 Å². The zero-order valence-corrected chi connectivity index (χ0v) is 11.5. The summed E-state index contributed by atoms with van der Waals surface area (Å²) in [5.41, 5.74) is -0.704. The van der Waals surface area contributed by atoms with Crippen LogP contribution in [0.1, 0.15) is 65.7 Å². The summed E-state index contributed by atoms with van der Waals surface area (Å²) < 4.78 is 0. The summed E-state index contributed by atoms with van der Waals surface area (Å²) >= 11 is 0. The molecule has 0 spiro atoms. The van der Waals surface area contributed by atoms with E-state index in [4.69, 9.17) is 0 Å². The van der Waals surface area contributed by atoms with Crippen LogP contribution in [0.3, 0.4) is 0 Å². The molecule has 2 unspecified atom stereocenters. The molecule has 1 rings (SSSR count). The Morgan fingerprint density at radius 2 is 2.00 bits per heavy atom. The predicted octanol–water partition coefficient (Wildman–Crippen LogP) is 3.19. The van der Waals surface area contributed by atoms with Gasteiger partial charge in [0, 0.05) is 6.04 Å². The number of carboxylic acid groups (broad SMARTS) is 1. The number of rotatable bonds is 7. The molecule has 17 heavy (non-hydrogen) atoms. The van der Waals surface area contributed by atoms with Crippen molar-refractivity contribution >= 4 is 5.97 Å². The minimum absolute atomic E-state index is 0.412. The van der Waals surface area contributed by atoms with Crippen molar-refractivity contribution in [2.24, 2.45) is 5.92 Å². The van der Waals surface area contributed by atoms with Gasteiger partial charge in [-0.2, -0.15) is 0 Å². The summed E-state index contributed by atoms with van der Waals surface area (Å²) in [5, 5.41) is 13.0. The highest BCUT2D eigenvalue weighted by Crippen LogP contribution is 2.27. The third kappa shape index (κ3) is 3.70. The maximum Gasteiger partial charge on any atom is 0.323 e. The lowest BCUT2D eigenvalue weighted by molar-refractivity contribution is -0.146. The summed E-state index contributed by atoms with van der Waals surface area (Å²) in [6.45, 7) is 6.25. The van der Waals surface area contributed by atoms with E-state index in [1.54, 1.807) is 0 Å². The average molecular weight is 241 g/mol. The highest BCUT2D eigenvalue weighted by Gasteiger charge is 2.39. The maximum atomic E-state index is 11.6. The normalized spacial score (nSPS) is 22.3. The van der Waals surface area contributed by atoms with Crippen molar-refractivity contribution in [2.75, 3.05) is 0 Å². The Kier molecular flexibility index (Phi) is 5.44. The van der Waals surface area contributed by atoms with E-state index >= 15 is 0 Å². The molecule has 1 aliphatic carbocycles. The van der Waals surface area contributed by atoms with E-state index < -0.39 is 11.5 Å². The third-order valence-electron chi connectivity index (χ3n) is 4.24. The van der Waals surface area contributed by atoms with Gasteiger partial charge in [-0.05, 0) is 31.6 Å². The lowest BCUT2D eigenvalue weighted by Crippen LogP contribution is -2.55. The molecular weight excluding hydrogens is 214 g/mol. The Morgan fingerprint density at radius 3 is 2.41 bits per heavy atom.